The van der Waals surface area contributed by atoms with Gasteiger partial charge in [-0.05, 0) is 126 Å². The topological polar surface area (TPSA) is 506 Å². The van der Waals surface area contributed by atoms with Crippen LogP contribution < -0.4 is 61.2 Å². The number of aliphatic hydroxyl groups excluding tert-OH is 6. The smallest absolute Gasteiger partial charge is 0.349 e. The fourth-order valence-electron chi connectivity index (χ4n) is 11.5. The summed E-state index contributed by atoms with van der Waals surface area (Å²) < 4.78 is 13.9. The zero-order valence-corrected chi connectivity index (χ0v) is 49.5. The van der Waals surface area contributed by atoms with Crippen molar-refractivity contribution in [3.8, 4) is 6.01 Å². The molecule has 6 saturated carbocycles. The third-order valence-corrected chi connectivity index (χ3v) is 17.4. The van der Waals surface area contributed by atoms with Crippen LogP contribution in [0.5, 0.6) is 6.01 Å². The van der Waals surface area contributed by atoms with Crippen molar-refractivity contribution in [2.75, 3.05) is 56.8 Å². The van der Waals surface area contributed by atoms with Gasteiger partial charge in [0.25, 0.3) is 28.2 Å². The SMILES string of the molecule is Cc1cn(C2CC(CO)C2)c(=O)[nH]c1=O.Nc1ccn(C2CC(CO)C2)c(=O)n1.Nc1nc2c(ncn2C2CC(CO)C2)c(=O)[nH]1.Nc1ncnc2c1ncn2C1CC(CO)C1.O=c1ccn(C2CC(CO)C2)c(=O)[nH]1.O=c1ccnc(OC2CC(CO)C2)[nH]1. The molecule has 0 radical (unpaired) electrons. The molecule has 0 atom stereocenters. The van der Waals surface area contributed by atoms with Gasteiger partial charge in [0.1, 0.15) is 23.8 Å². The van der Waals surface area contributed by atoms with Gasteiger partial charge in [-0.3, -0.25) is 52.8 Å². The van der Waals surface area contributed by atoms with Crippen molar-refractivity contribution in [1.82, 2.24) is 77.7 Å². The lowest BCUT2D eigenvalue weighted by Gasteiger charge is -2.35. The summed E-state index contributed by atoms with van der Waals surface area (Å²) in [6.45, 7) is 2.91. The van der Waals surface area contributed by atoms with Crippen LogP contribution in [0.1, 0.15) is 113 Å². The number of rotatable bonds is 13. The van der Waals surface area contributed by atoms with Gasteiger partial charge in [-0.2, -0.15) is 9.97 Å². The summed E-state index contributed by atoms with van der Waals surface area (Å²) in [5.41, 5.74) is 17.2. The largest absolute Gasteiger partial charge is 0.461 e. The number of nitrogens with one attached hydrogen (secondary N) is 4. The molecule has 6 aliphatic carbocycles. The molecule has 16 N–H and O–H groups in total. The van der Waals surface area contributed by atoms with E-state index in [-0.39, 0.29) is 127 Å². The molecule has 0 spiro atoms. The molecule has 0 bridgehead atoms. The molecule has 484 valence electrons. The molecule has 14 rings (SSSR count). The number of hydrogen-bond donors (Lipinski definition) is 13. The van der Waals surface area contributed by atoms with E-state index in [1.54, 1.807) is 47.2 Å². The molecule has 0 saturated heterocycles. The van der Waals surface area contributed by atoms with E-state index in [9.17, 15) is 33.6 Å². The van der Waals surface area contributed by atoms with Crippen molar-refractivity contribution >= 4 is 39.9 Å². The van der Waals surface area contributed by atoms with Crippen molar-refractivity contribution in [2.45, 2.75) is 120 Å². The van der Waals surface area contributed by atoms with Gasteiger partial charge in [-0.25, -0.2) is 39.3 Å². The van der Waals surface area contributed by atoms with E-state index in [2.05, 4.69) is 54.8 Å². The number of nitrogens with zero attached hydrogens (tertiary/aromatic N) is 12. The molecule has 0 amide bonds. The predicted octanol–water partition coefficient (Wildman–Crippen LogP) is -1.05. The summed E-state index contributed by atoms with van der Waals surface area (Å²) in [4.78, 5) is 116. The highest BCUT2D eigenvalue weighted by atomic mass is 16.5. The lowest BCUT2D eigenvalue weighted by atomic mass is 9.81. The Morgan fingerprint density at radius 3 is 1.50 bits per heavy atom. The second kappa shape index (κ2) is 29.5. The first-order valence-corrected chi connectivity index (χ1v) is 29.8. The van der Waals surface area contributed by atoms with Gasteiger partial charge in [-0.15, -0.1) is 0 Å². The van der Waals surface area contributed by atoms with E-state index in [1.807, 2.05) is 9.13 Å². The van der Waals surface area contributed by atoms with Gasteiger partial charge in [0.15, 0.2) is 22.6 Å². The van der Waals surface area contributed by atoms with E-state index >= 15 is 0 Å². The molecular weight excluding hydrogens is 1170 g/mol. The maximum Gasteiger partial charge on any atom is 0.349 e. The number of imidazole rings is 2. The van der Waals surface area contributed by atoms with Gasteiger partial charge in [0.05, 0.1) is 12.7 Å². The number of aliphatic hydroxyl groups is 6. The van der Waals surface area contributed by atoms with Crippen LogP contribution in [0.25, 0.3) is 22.3 Å². The number of anilines is 3. The quantitative estimate of drug-likeness (QED) is 0.0655. The zero-order valence-electron chi connectivity index (χ0n) is 49.5. The minimum Gasteiger partial charge on any atom is -0.461 e. The van der Waals surface area contributed by atoms with Crippen LogP contribution >= 0.6 is 0 Å². The molecule has 8 aromatic heterocycles. The number of H-pyrrole nitrogens is 4. The number of hydrogen-bond acceptors (Lipinski definition) is 24. The minimum atomic E-state index is -0.371. The molecule has 33 heteroatoms. The number of nitrogens with two attached hydrogens (primary N) is 3. The molecular formula is C57H77N19O14. The third-order valence-electron chi connectivity index (χ3n) is 17.4. The van der Waals surface area contributed by atoms with Gasteiger partial charge in [0.2, 0.25) is 5.95 Å². The third kappa shape index (κ3) is 15.7. The van der Waals surface area contributed by atoms with Gasteiger partial charge < -0.3 is 61.7 Å². The van der Waals surface area contributed by atoms with E-state index in [0.717, 1.165) is 82.7 Å². The summed E-state index contributed by atoms with van der Waals surface area (Å²) in [6.07, 6.45) is 21.4. The average molecular weight is 1250 g/mol. The Hall–Kier alpha value is -9.02. The van der Waals surface area contributed by atoms with Crippen LogP contribution in [0.2, 0.25) is 0 Å². The highest BCUT2D eigenvalue weighted by Crippen LogP contribution is 2.41. The van der Waals surface area contributed by atoms with Crippen molar-refractivity contribution in [3.05, 3.63) is 140 Å². The number of aryl methyl sites for hydroxylation is 1. The summed E-state index contributed by atoms with van der Waals surface area (Å²) >= 11 is 0. The number of fused-ring (bicyclic) bond motifs is 2. The Morgan fingerprint density at radius 1 is 0.489 bits per heavy atom. The van der Waals surface area contributed by atoms with Crippen LogP contribution in [0.4, 0.5) is 17.6 Å². The van der Waals surface area contributed by atoms with Crippen LogP contribution in [0.15, 0.2) is 95.5 Å². The lowest BCUT2D eigenvalue weighted by Crippen LogP contribution is -2.39. The van der Waals surface area contributed by atoms with Gasteiger partial charge >= 0.3 is 17.1 Å². The maximum absolute atomic E-state index is 11.6. The normalized spacial score (nSPS) is 25.0. The highest BCUT2D eigenvalue weighted by Gasteiger charge is 2.35. The van der Waals surface area contributed by atoms with Crippen molar-refractivity contribution in [1.29, 1.82) is 0 Å². The minimum absolute atomic E-state index is 0.0812. The fourth-order valence-corrected chi connectivity index (χ4v) is 11.5. The monoisotopic (exact) mass is 1250 g/mol. The molecule has 6 aliphatic rings. The second-order valence-electron chi connectivity index (χ2n) is 23.8. The lowest BCUT2D eigenvalue weighted by molar-refractivity contribution is 0.0262. The molecule has 0 aliphatic heterocycles. The van der Waals surface area contributed by atoms with E-state index in [4.69, 9.17) is 52.6 Å². The van der Waals surface area contributed by atoms with Crippen LogP contribution in [-0.2, 0) is 0 Å². The van der Waals surface area contributed by atoms with Gasteiger partial charge in [0, 0.05) is 112 Å². The van der Waals surface area contributed by atoms with Gasteiger partial charge in [-0.1, -0.05) is 0 Å². The summed E-state index contributed by atoms with van der Waals surface area (Å²) in [5.74, 6) is 2.82. The number of ether oxygens (including phenoxy) is 1. The Morgan fingerprint density at radius 2 is 0.967 bits per heavy atom. The molecule has 0 unspecified atom stereocenters. The summed E-state index contributed by atoms with van der Waals surface area (Å²) in [7, 11) is 0. The van der Waals surface area contributed by atoms with Crippen molar-refractivity contribution in [3.63, 3.8) is 0 Å². The standard InChI is InChI=1S/C10H13N5O2.C10H13N5O.C10H14N2O3.C9H13N3O2.2C9H12N2O3/c11-10-13-8-7(9(17)14-10)12-4-15(8)6-1-5(2-6)3-16;11-9-8-10(13-4-12-9)15(5-14-8)7-1-6(2-7)3-16;1-6-4-12(10(15)11-9(6)14)8-2-7(3-8)5-13;10-8-1-2-12(9(14)11-8)7-3-6(4-7)5-13;12-5-6-3-7(4-6)11-2-1-8(13)10-9(11)14;12-5-6-3-7(4-6)14-9-10-2-1-8(13)11-9/h4-6,16H,1-3H2,(H3,11,13,14,17);4-7,16H,1-3H2,(H2,11,12,13);4,7-8,13H,2-3,5H2,1H3,(H,11,14,15);1-2,6-7,13H,3-5H2,(H2,10,11,14);1-2,6-7,12H,3-5H2,(H,10,13,14);1-2,6-7,12H,3-5H2,(H,10,11,13). The fraction of sp³-hybridized carbons (Fsp3) is 0.544. The predicted molar refractivity (Wildman–Crippen MR) is 326 cm³/mol. The first-order chi connectivity index (χ1) is 43.3. The number of aromatic amines is 4. The number of nitrogen functional groups attached to an aromatic ring is 3. The van der Waals surface area contributed by atoms with Crippen LogP contribution in [0, 0.1) is 42.4 Å². The molecule has 6 fully saturated rings. The molecule has 0 aromatic carbocycles. The maximum atomic E-state index is 11.6. The van der Waals surface area contributed by atoms with E-state index in [0.29, 0.717) is 69.6 Å². The Balaban J connectivity index is 0.000000128. The Kier molecular flexibility index (Phi) is 21.5. The summed E-state index contributed by atoms with van der Waals surface area (Å²) in [6, 6.07) is 5.65. The van der Waals surface area contributed by atoms with E-state index < -0.39 is 0 Å². The zero-order chi connectivity index (χ0) is 64.3. The second-order valence-corrected chi connectivity index (χ2v) is 23.8. The van der Waals surface area contributed by atoms with Crippen molar-refractivity contribution < 1.29 is 35.4 Å². The average Bonchev–Trinajstić information content (AvgIpc) is 1.66. The molecule has 90 heavy (non-hydrogen) atoms. The molecule has 8 heterocycles. The van der Waals surface area contributed by atoms with Crippen LogP contribution in [-0.4, -0.2) is 154 Å². The summed E-state index contributed by atoms with van der Waals surface area (Å²) in [5, 5.41) is 53.3. The molecule has 33 nitrogen and oxygen atoms in total. The molecule has 8 aromatic rings. The Bertz CT molecular complexity index is 4120. The van der Waals surface area contributed by atoms with Crippen molar-refractivity contribution in [2.24, 2.45) is 35.5 Å². The first kappa shape index (κ1) is 65.4. The number of aromatic nitrogens is 16. The Labute approximate surface area is 510 Å². The van der Waals surface area contributed by atoms with Crippen LogP contribution in [0.3, 0.4) is 0 Å². The highest BCUT2D eigenvalue weighted by molar-refractivity contribution is 5.81. The van der Waals surface area contributed by atoms with E-state index in [1.165, 1.54) is 35.4 Å². The first-order valence-electron chi connectivity index (χ1n) is 29.8.